The minimum absolute atomic E-state index is 0.0174. The van der Waals surface area contributed by atoms with Crippen LogP contribution >= 0.6 is 0 Å². The van der Waals surface area contributed by atoms with Crippen LogP contribution in [0.25, 0.3) is 0 Å². The van der Waals surface area contributed by atoms with Gasteiger partial charge in [0.15, 0.2) is 0 Å². The van der Waals surface area contributed by atoms with Gasteiger partial charge in [0.05, 0.1) is 6.42 Å². The zero-order chi connectivity index (χ0) is 14.4. The fraction of sp³-hybridized carbons (Fsp3) is 0.632. The number of carboxylic acids is 1. The van der Waals surface area contributed by atoms with E-state index in [1.54, 1.807) is 0 Å². The Morgan fingerprint density at radius 1 is 1.19 bits per heavy atom. The number of hydrogen-bond acceptors (Lipinski definition) is 1. The van der Waals surface area contributed by atoms with Gasteiger partial charge < -0.3 is 5.11 Å². The van der Waals surface area contributed by atoms with Crippen molar-refractivity contribution in [3.05, 3.63) is 35.9 Å². The van der Waals surface area contributed by atoms with Crippen molar-refractivity contribution in [3.63, 3.8) is 0 Å². The third-order valence-corrected chi connectivity index (χ3v) is 6.65. The third-order valence-electron chi connectivity index (χ3n) is 6.65. The molecule has 3 unspecified atom stereocenters. The van der Waals surface area contributed by atoms with Crippen molar-refractivity contribution >= 4 is 5.97 Å². The van der Waals surface area contributed by atoms with Gasteiger partial charge in [-0.15, -0.1) is 0 Å². The van der Waals surface area contributed by atoms with E-state index in [-0.39, 0.29) is 5.41 Å². The molecule has 3 aliphatic rings. The molecule has 3 saturated carbocycles. The Morgan fingerprint density at radius 2 is 2.00 bits per heavy atom. The highest BCUT2D eigenvalue weighted by Gasteiger charge is 2.57. The first kappa shape index (κ1) is 13.4. The molecular weight excluding hydrogens is 260 g/mol. The molecule has 0 amide bonds. The van der Waals surface area contributed by atoms with Gasteiger partial charge in [-0.25, -0.2) is 0 Å². The Morgan fingerprint density at radius 3 is 2.71 bits per heavy atom. The molecule has 2 heteroatoms. The van der Waals surface area contributed by atoms with Crippen molar-refractivity contribution in [1.29, 1.82) is 0 Å². The Labute approximate surface area is 126 Å². The average Bonchev–Trinajstić information content (AvgIpc) is 3.05. The molecule has 0 aromatic heterocycles. The van der Waals surface area contributed by atoms with Gasteiger partial charge in [0.2, 0.25) is 0 Å². The summed E-state index contributed by atoms with van der Waals surface area (Å²) in [5.41, 5.74) is 1.34. The van der Waals surface area contributed by atoms with Gasteiger partial charge in [0.1, 0.15) is 0 Å². The van der Waals surface area contributed by atoms with Crippen molar-refractivity contribution in [2.45, 2.75) is 44.9 Å². The summed E-state index contributed by atoms with van der Waals surface area (Å²) in [6, 6.07) is 10.5. The maximum absolute atomic E-state index is 11.5. The van der Waals surface area contributed by atoms with Gasteiger partial charge in [-0.05, 0) is 73.2 Å². The van der Waals surface area contributed by atoms with Crippen molar-refractivity contribution in [2.75, 3.05) is 0 Å². The minimum Gasteiger partial charge on any atom is -0.481 e. The van der Waals surface area contributed by atoms with Gasteiger partial charge in [0, 0.05) is 0 Å². The number of carboxylic acid groups (broad SMARTS) is 1. The van der Waals surface area contributed by atoms with Crippen LogP contribution in [0.5, 0.6) is 0 Å². The number of rotatable bonds is 4. The summed E-state index contributed by atoms with van der Waals surface area (Å²) in [5, 5.41) is 9.51. The average molecular weight is 284 g/mol. The molecule has 1 aromatic rings. The minimum atomic E-state index is -0.604. The summed E-state index contributed by atoms with van der Waals surface area (Å²) < 4.78 is 0. The topological polar surface area (TPSA) is 37.3 Å². The first-order valence-corrected chi connectivity index (χ1v) is 8.42. The van der Waals surface area contributed by atoms with E-state index in [1.807, 2.05) is 6.07 Å². The standard InChI is InChI=1S/C19H24O2/c20-18(21)12-19(11-13-4-2-1-3-5-13)7-6-15-8-14-9-16(15)17(19)10-14/h1-5,14-17H,6-12H2,(H,20,21)/t14-,15?,16?,17?,19-/m1/s1. The smallest absolute Gasteiger partial charge is 0.303 e. The Hall–Kier alpha value is -1.31. The second kappa shape index (κ2) is 4.86. The molecule has 4 rings (SSSR count). The van der Waals surface area contributed by atoms with E-state index in [2.05, 4.69) is 24.3 Å². The third kappa shape index (κ3) is 2.20. The lowest BCUT2D eigenvalue weighted by molar-refractivity contribution is -0.143. The van der Waals surface area contributed by atoms with E-state index >= 15 is 0 Å². The summed E-state index contributed by atoms with van der Waals surface area (Å²) >= 11 is 0. The SMILES string of the molecule is O=C(O)C[C@]1(Cc2ccccc2)CCC2C[C@@H]3CC2C1C3. The summed E-state index contributed by atoms with van der Waals surface area (Å²) in [4.78, 5) is 11.5. The number of aliphatic carboxylic acids is 1. The van der Waals surface area contributed by atoms with Crippen LogP contribution in [0.2, 0.25) is 0 Å². The predicted octanol–water partition coefficient (Wildman–Crippen LogP) is 4.15. The zero-order valence-corrected chi connectivity index (χ0v) is 12.5. The molecule has 3 aliphatic carbocycles. The maximum atomic E-state index is 11.5. The van der Waals surface area contributed by atoms with Crippen LogP contribution in [0.4, 0.5) is 0 Å². The molecule has 112 valence electrons. The number of carbonyl (C=O) groups is 1. The van der Waals surface area contributed by atoms with E-state index in [0.29, 0.717) is 12.3 Å². The largest absolute Gasteiger partial charge is 0.481 e. The Bertz CT molecular complexity index is 538. The molecule has 1 aromatic carbocycles. The molecule has 0 aliphatic heterocycles. The number of benzene rings is 1. The maximum Gasteiger partial charge on any atom is 0.303 e. The first-order chi connectivity index (χ1) is 10.2. The quantitative estimate of drug-likeness (QED) is 0.902. The molecule has 0 radical (unpaired) electrons. The van der Waals surface area contributed by atoms with Crippen LogP contribution in [0, 0.1) is 29.1 Å². The fourth-order valence-electron chi connectivity index (χ4n) is 6.00. The van der Waals surface area contributed by atoms with Crippen molar-refractivity contribution in [3.8, 4) is 0 Å². The van der Waals surface area contributed by atoms with Crippen molar-refractivity contribution in [2.24, 2.45) is 29.1 Å². The summed E-state index contributed by atoms with van der Waals surface area (Å²) in [7, 11) is 0. The van der Waals surface area contributed by atoms with Gasteiger partial charge >= 0.3 is 5.97 Å². The number of hydrogen-bond donors (Lipinski definition) is 1. The van der Waals surface area contributed by atoms with E-state index in [4.69, 9.17) is 0 Å². The highest BCUT2D eigenvalue weighted by atomic mass is 16.4. The van der Waals surface area contributed by atoms with Gasteiger partial charge in [0.25, 0.3) is 0 Å². The van der Waals surface area contributed by atoms with E-state index < -0.39 is 5.97 Å². The van der Waals surface area contributed by atoms with E-state index in [1.165, 1.54) is 31.2 Å². The van der Waals surface area contributed by atoms with Crippen LogP contribution in [-0.2, 0) is 11.2 Å². The molecule has 5 atom stereocenters. The molecule has 2 nitrogen and oxygen atoms in total. The molecule has 21 heavy (non-hydrogen) atoms. The predicted molar refractivity (Wildman–Crippen MR) is 81.9 cm³/mol. The van der Waals surface area contributed by atoms with Crippen LogP contribution in [0.3, 0.4) is 0 Å². The normalized spacial score (nSPS) is 40.4. The van der Waals surface area contributed by atoms with Crippen molar-refractivity contribution in [1.82, 2.24) is 0 Å². The highest BCUT2D eigenvalue weighted by Crippen LogP contribution is 2.65. The lowest BCUT2D eigenvalue weighted by Gasteiger charge is -2.50. The molecule has 0 heterocycles. The number of fused-ring (bicyclic) bond motifs is 1. The summed E-state index contributed by atoms with van der Waals surface area (Å²) in [6.07, 6.45) is 7.80. The first-order valence-electron chi connectivity index (χ1n) is 8.42. The fourth-order valence-corrected chi connectivity index (χ4v) is 6.00. The molecule has 1 N–H and O–H groups in total. The summed E-state index contributed by atoms with van der Waals surface area (Å²) in [5.74, 6) is 2.69. The monoisotopic (exact) mass is 284 g/mol. The lowest BCUT2D eigenvalue weighted by Crippen LogP contribution is -2.44. The second-order valence-electron chi connectivity index (χ2n) is 7.74. The lowest BCUT2D eigenvalue weighted by atomic mass is 9.54. The second-order valence-corrected chi connectivity index (χ2v) is 7.74. The van der Waals surface area contributed by atoms with Crippen LogP contribution in [-0.4, -0.2) is 11.1 Å². The molecular formula is C19H24O2. The Balaban J connectivity index is 1.66. The van der Waals surface area contributed by atoms with Crippen LogP contribution in [0.1, 0.15) is 44.1 Å². The zero-order valence-electron chi connectivity index (χ0n) is 12.5. The van der Waals surface area contributed by atoms with Gasteiger partial charge in [-0.3, -0.25) is 4.79 Å². The Kier molecular flexibility index (Phi) is 3.09. The van der Waals surface area contributed by atoms with Crippen LogP contribution in [0.15, 0.2) is 30.3 Å². The molecule has 0 spiro atoms. The van der Waals surface area contributed by atoms with E-state index in [0.717, 1.165) is 30.6 Å². The summed E-state index contributed by atoms with van der Waals surface area (Å²) in [6.45, 7) is 0. The van der Waals surface area contributed by atoms with Gasteiger partial charge in [-0.1, -0.05) is 30.3 Å². The molecule has 0 saturated heterocycles. The van der Waals surface area contributed by atoms with Gasteiger partial charge in [-0.2, -0.15) is 0 Å². The van der Waals surface area contributed by atoms with Crippen LogP contribution < -0.4 is 0 Å². The molecule has 2 bridgehead atoms. The van der Waals surface area contributed by atoms with Crippen molar-refractivity contribution < 1.29 is 9.90 Å². The van der Waals surface area contributed by atoms with E-state index in [9.17, 15) is 9.90 Å². The molecule has 3 fully saturated rings. The highest BCUT2D eigenvalue weighted by molar-refractivity contribution is 5.68.